The van der Waals surface area contributed by atoms with E-state index in [9.17, 15) is 4.79 Å². The fraction of sp³-hybridized carbons (Fsp3) is 0.611. The van der Waals surface area contributed by atoms with Gasteiger partial charge in [0.2, 0.25) is 0 Å². The van der Waals surface area contributed by atoms with Crippen molar-refractivity contribution in [3.05, 3.63) is 23.3 Å². The second kappa shape index (κ2) is 7.21. The minimum Gasteiger partial charge on any atom is -0.493 e. The molecule has 2 rings (SSSR count). The van der Waals surface area contributed by atoms with Crippen molar-refractivity contribution in [1.29, 1.82) is 0 Å². The number of hydrogen-bond donors (Lipinski definition) is 1. The first-order valence-electron chi connectivity index (χ1n) is 8.04. The molecular formula is C18H27NO4. The smallest absolute Gasteiger partial charge is 0.306 e. The molecule has 1 unspecified atom stereocenters. The van der Waals surface area contributed by atoms with E-state index in [1.807, 2.05) is 32.9 Å². The predicted octanol–water partition coefficient (Wildman–Crippen LogP) is 3.01. The normalized spacial score (nSPS) is 17.3. The Kier molecular flexibility index (Phi) is 5.52. The Bertz CT molecular complexity index is 563. The average Bonchev–Trinajstić information content (AvgIpc) is 2.49. The minimum atomic E-state index is -0.439. The molecule has 0 aliphatic carbocycles. The molecule has 5 heteroatoms. The van der Waals surface area contributed by atoms with Gasteiger partial charge in [-0.2, -0.15) is 0 Å². The van der Waals surface area contributed by atoms with E-state index in [0.717, 1.165) is 24.5 Å². The van der Waals surface area contributed by atoms with Crippen LogP contribution >= 0.6 is 0 Å². The van der Waals surface area contributed by atoms with Gasteiger partial charge in [-0.1, -0.05) is 0 Å². The van der Waals surface area contributed by atoms with E-state index < -0.39 is 5.60 Å². The van der Waals surface area contributed by atoms with Crippen LogP contribution < -0.4 is 14.8 Å². The van der Waals surface area contributed by atoms with Crippen LogP contribution in [0, 0.1) is 0 Å². The lowest BCUT2D eigenvalue weighted by Gasteiger charge is -2.28. The molecule has 0 bridgehead atoms. The lowest BCUT2D eigenvalue weighted by molar-refractivity contribution is -0.155. The maximum Gasteiger partial charge on any atom is 0.306 e. The van der Waals surface area contributed by atoms with Crippen LogP contribution in [-0.2, 0) is 16.0 Å². The second-order valence-electron chi connectivity index (χ2n) is 6.79. The Labute approximate surface area is 138 Å². The number of rotatable bonds is 5. The monoisotopic (exact) mass is 321 g/mol. The largest absolute Gasteiger partial charge is 0.493 e. The molecule has 0 aromatic heterocycles. The number of esters is 1. The van der Waals surface area contributed by atoms with Gasteiger partial charge in [0.05, 0.1) is 14.2 Å². The molecule has 5 nitrogen and oxygen atoms in total. The summed E-state index contributed by atoms with van der Waals surface area (Å²) in [5.41, 5.74) is 1.99. The zero-order valence-electron chi connectivity index (χ0n) is 14.7. The zero-order chi connectivity index (χ0) is 17.0. The number of nitrogens with one attached hydrogen (secondary N) is 1. The number of benzene rings is 1. The number of carbonyl (C=O) groups is 1. The summed E-state index contributed by atoms with van der Waals surface area (Å²) in [5, 5.41) is 3.48. The van der Waals surface area contributed by atoms with Crippen LogP contribution in [0.3, 0.4) is 0 Å². The van der Waals surface area contributed by atoms with Crippen molar-refractivity contribution in [3.63, 3.8) is 0 Å². The van der Waals surface area contributed by atoms with Crippen molar-refractivity contribution in [2.45, 2.75) is 51.7 Å². The van der Waals surface area contributed by atoms with Crippen LogP contribution in [-0.4, -0.2) is 32.3 Å². The molecule has 1 aliphatic rings. The molecule has 0 fully saturated rings. The van der Waals surface area contributed by atoms with Gasteiger partial charge < -0.3 is 19.5 Å². The summed E-state index contributed by atoms with van der Waals surface area (Å²) in [6.45, 7) is 6.55. The van der Waals surface area contributed by atoms with Gasteiger partial charge in [0.25, 0.3) is 0 Å². The van der Waals surface area contributed by atoms with E-state index in [1.54, 1.807) is 14.2 Å². The number of hydrogen-bond acceptors (Lipinski definition) is 5. The van der Waals surface area contributed by atoms with Crippen LogP contribution in [0.25, 0.3) is 0 Å². The van der Waals surface area contributed by atoms with Crippen LogP contribution in [0.2, 0.25) is 0 Å². The average molecular weight is 321 g/mol. The molecule has 1 atom stereocenters. The summed E-state index contributed by atoms with van der Waals surface area (Å²) in [6, 6.07) is 4.18. The van der Waals surface area contributed by atoms with E-state index >= 15 is 0 Å². The summed E-state index contributed by atoms with van der Waals surface area (Å²) in [5.74, 6) is 1.31. The van der Waals surface area contributed by atoms with Crippen LogP contribution in [0.4, 0.5) is 0 Å². The lowest BCUT2D eigenvalue weighted by Crippen LogP contribution is -2.31. The van der Waals surface area contributed by atoms with Gasteiger partial charge >= 0.3 is 5.97 Å². The van der Waals surface area contributed by atoms with Gasteiger partial charge in [0.15, 0.2) is 11.5 Å². The van der Waals surface area contributed by atoms with E-state index in [2.05, 4.69) is 5.32 Å². The Hall–Kier alpha value is -1.75. The third-order valence-electron chi connectivity index (χ3n) is 3.86. The van der Waals surface area contributed by atoms with Gasteiger partial charge in [0.1, 0.15) is 5.60 Å². The van der Waals surface area contributed by atoms with E-state index in [0.29, 0.717) is 12.8 Å². The molecule has 0 spiro atoms. The Morgan fingerprint density at radius 3 is 2.48 bits per heavy atom. The van der Waals surface area contributed by atoms with Crippen LogP contribution in [0.5, 0.6) is 11.5 Å². The number of methoxy groups -OCH3 is 2. The molecule has 1 heterocycles. The van der Waals surface area contributed by atoms with Gasteiger partial charge in [0, 0.05) is 12.5 Å². The van der Waals surface area contributed by atoms with Gasteiger partial charge in [-0.3, -0.25) is 4.79 Å². The van der Waals surface area contributed by atoms with Crippen LogP contribution in [0.15, 0.2) is 12.1 Å². The van der Waals surface area contributed by atoms with Crippen molar-refractivity contribution in [1.82, 2.24) is 5.32 Å². The molecular weight excluding hydrogens is 294 g/mol. The zero-order valence-corrected chi connectivity index (χ0v) is 14.7. The summed E-state index contributed by atoms with van der Waals surface area (Å²) >= 11 is 0. The Morgan fingerprint density at radius 1 is 1.22 bits per heavy atom. The fourth-order valence-corrected chi connectivity index (χ4v) is 2.88. The SMILES string of the molecule is COc1cc2c(cc1OC)C(CCC(=O)OC(C)(C)C)NCC2. The molecule has 0 saturated carbocycles. The quantitative estimate of drug-likeness (QED) is 0.845. The van der Waals surface area contributed by atoms with Gasteiger partial charge in [-0.15, -0.1) is 0 Å². The maximum absolute atomic E-state index is 11.9. The highest BCUT2D eigenvalue weighted by Crippen LogP contribution is 2.36. The van der Waals surface area contributed by atoms with E-state index in [-0.39, 0.29) is 12.0 Å². The third kappa shape index (κ3) is 4.61. The van der Waals surface area contributed by atoms with Crippen molar-refractivity contribution >= 4 is 5.97 Å². The van der Waals surface area contributed by atoms with Crippen LogP contribution in [0.1, 0.15) is 50.8 Å². The van der Waals surface area contributed by atoms with Crippen molar-refractivity contribution < 1.29 is 19.0 Å². The number of ether oxygens (including phenoxy) is 3. The summed E-state index contributed by atoms with van der Waals surface area (Å²) in [7, 11) is 3.28. The standard InChI is InChI=1S/C18H27NO4/c1-18(2,3)23-17(20)7-6-14-13-11-16(22-5)15(21-4)10-12(13)8-9-19-14/h10-11,14,19H,6-9H2,1-5H3. The number of fused-ring (bicyclic) bond motifs is 1. The highest BCUT2D eigenvalue weighted by atomic mass is 16.6. The van der Waals surface area contributed by atoms with Crippen molar-refractivity contribution in [3.8, 4) is 11.5 Å². The predicted molar refractivity (Wildman–Crippen MR) is 89.1 cm³/mol. The van der Waals surface area contributed by atoms with Gasteiger partial charge in [-0.25, -0.2) is 0 Å². The fourth-order valence-electron chi connectivity index (χ4n) is 2.88. The van der Waals surface area contributed by atoms with Crippen molar-refractivity contribution in [2.75, 3.05) is 20.8 Å². The molecule has 1 N–H and O–H groups in total. The van der Waals surface area contributed by atoms with E-state index in [1.165, 1.54) is 11.1 Å². The minimum absolute atomic E-state index is 0.131. The third-order valence-corrected chi connectivity index (χ3v) is 3.86. The molecule has 0 radical (unpaired) electrons. The van der Waals surface area contributed by atoms with Gasteiger partial charge in [-0.05, 0) is 63.4 Å². The molecule has 23 heavy (non-hydrogen) atoms. The summed E-state index contributed by atoms with van der Waals surface area (Å²) < 4.78 is 16.2. The van der Waals surface area contributed by atoms with Crippen molar-refractivity contribution in [2.24, 2.45) is 0 Å². The first kappa shape index (κ1) is 17.6. The molecule has 1 aromatic carbocycles. The molecule has 0 amide bonds. The molecule has 0 saturated heterocycles. The highest BCUT2D eigenvalue weighted by molar-refractivity contribution is 5.70. The maximum atomic E-state index is 11.9. The first-order chi connectivity index (χ1) is 10.8. The lowest BCUT2D eigenvalue weighted by atomic mass is 9.91. The topological polar surface area (TPSA) is 56.8 Å². The van der Waals surface area contributed by atoms with E-state index in [4.69, 9.17) is 14.2 Å². The Morgan fingerprint density at radius 2 is 1.87 bits per heavy atom. The molecule has 1 aromatic rings. The molecule has 128 valence electrons. The number of carbonyl (C=O) groups excluding carboxylic acids is 1. The first-order valence-corrected chi connectivity index (χ1v) is 8.04. The summed E-state index contributed by atoms with van der Waals surface area (Å²) in [4.78, 5) is 11.9. The second-order valence-corrected chi connectivity index (χ2v) is 6.79. The molecule has 1 aliphatic heterocycles. The Balaban J connectivity index is 2.10. The highest BCUT2D eigenvalue weighted by Gasteiger charge is 2.24. The summed E-state index contributed by atoms with van der Waals surface area (Å²) in [6.07, 6.45) is 2.04.